The molecule has 0 amide bonds. The summed E-state index contributed by atoms with van der Waals surface area (Å²) in [6.45, 7) is 1.48. The molecule has 4 fully saturated rings. The molecule has 4 saturated carbocycles. The summed E-state index contributed by atoms with van der Waals surface area (Å²) in [5, 5.41) is 0. The second kappa shape index (κ2) is 5.42. The van der Waals surface area contributed by atoms with Crippen LogP contribution in [0, 0.1) is 23.7 Å². The number of rotatable bonds is 4. The molecule has 4 nitrogen and oxygen atoms in total. The first-order chi connectivity index (χ1) is 10.9. The van der Waals surface area contributed by atoms with Crippen LogP contribution in [-0.4, -0.2) is 20.2 Å². The van der Waals surface area contributed by atoms with Crippen molar-refractivity contribution >= 4 is 15.8 Å². The van der Waals surface area contributed by atoms with Gasteiger partial charge in [0.25, 0.3) is 0 Å². The second-order valence-corrected chi connectivity index (χ2v) is 9.37. The van der Waals surface area contributed by atoms with Crippen molar-refractivity contribution in [2.75, 3.05) is 0 Å². The monoisotopic (exact) mass is 333 g/mol. The van der Waals surface area contributed by atoms with Gasteiger partial charge >= 0.3 is 0 Å². The highest BCUT2D eigenvalue weighted by molar-refractivity contribution is 7.89. The first-order valence-electron chi connectivity index (χ1n) is 8.55. The smallest absolute Gasteiger partial charge is 0.240 e. The summed E-state index contributed by atoms with van der Waals surface area (Å²) < 4.78 is 28.4. The van der Waals surface area contributed by atoms with Gasteiger partial charge in [-0.3, -0.25) is 4.79 Å². The van der Waals surface area contributed by atoms with E-state index in [1.165, 1.54) is 51.2 Å². The van der Waals surface area contributed by atoms with Gasteiger partial charge in [0.05, 0.1) is 4.90 Å². The molecule has 0 aliphatic heterocycles. The Labute approximate surface area is 137 Å². The molecule has 5 rings (SSSR count). The van der Waals surface area contributed by atoms with Gasteiger partial charge in [0, 0.05) is 11.6 Å². The van der Waals surface area contributed by atoms with Crippen molar-refractivity contribution in [1.82, 2.24) is 4.72 Å². The molecule has 4 aliphatic rings. The van der Waals surface area contributed by atoms with Crippen molar-refractivity contribution in [2.24, 2.45) is 23.7 Å². The van der Waals surface area contributed by atoms with Gasteiger partial charge in [0.1, 0.15) is 0 Å². The van der Waals surface area contributed by atoms with Gasteiger partial charge in [-0.05, 0) is 74.8 Å². The number of Topliss-reactive ketones (excluding diaryl/α,β-unsaturated/α-hetero) is 1. The van der Waals surface area contributed by atoms with E-state index < -0.39 is 10.0 Å². The van der Waals surface area contributed by atoms with Gasteiger partial charge in [-0.15, -0.1) is 0 Å². The Balaban J connectivity index is 1.54. The van der Waals surface area contributed by atoms with Gasteiger partial charge in [-0.1, -0.05) is 12.1 Å². The van der Waals surface area contributed by atoms with E-state index in [0.717, 1.165) is 11.8 Å². The van der Waals surface area contributed by atoms with E-state index in [9.17, 15) is 13.2 Å². The van der Waals surface area contributed by atoms with E-state index in [1.807, 2.05) is 0 Å². The lowest BCUT2D eigenvalue weighted by molar-refractivity contribution is -0.00557. The lowest BCUT2D eigenvalue weighted by Crippen LogP contribution is -2.55. The van der Waals surface area contributed by atoms with Gasteiger partial charge in [-0.25, -0.2) is 13.1 Å². The molecule has 0 spiro atoms. The summed E-state index contributed by atoms with van der Waals surface area (Å²) in [5.74, 6) is 2.62. The molecule has 0 radical (unpaired) electrons. The molecule has 0 atom stereocenters. The fraction of sp³-hybridized carbons (Fsp3) is 0.611. The van der Waals surface area contributed by atoms with Gasteiger partial charge < -0.3 is 0 Å². The van der Waals surface area contributed by atoms with Crippen LogP contribution in [0.25, 0.3) is 0 Å². The Kier molecular flexibility index (Phi) is 3.61. The maximum Gasteiger partial charge on any atom is 0.240 e. The van der Waals surface area contributed by atoms with Crippen LogP contribution in [0.4, 0.5) is 0 Å². The minimum absolute atomic E-state index is 0.0528. The van der Waals surface area contributed by atoms with Gasteiger partial charge in [0.15, 0.2) is 5.78 Å². The minimum Gasteiger partial charge on any atom is -0.295 e. The Morgan fingerprint density at radius 1 is 0.957 bits per heavy atom. The fourth-order valence-corrected chi connectivity index (χ4v) is 6.61. The number of carbonyl (C=O) groups excluding carboxylic acids is 1. The summed E-state index contributed by atoms with van der Waals surface area (Å²) >= 11 is 0. The fourth-order valence-electron chi connectivity index (χ4n) is 5.23. The highest BCUT2D eigenvalue weighted by Crippen LogP contribution is 2.53. The Hall–Kier alpha value is -1.20. The van der Waals surface area contributed by atoms with Crippen LogP contribution in [0.1, 0.15) is 49.4 Å². The summed E-state index contributed by atoms with van der Waals surface area (Å²) in [7, 11) is -3.51. The second-order valence-electron chi connectivity index (χ2n) is 7.66. The molecule has 1 aromatic carbocycles. The van der Waals surface area contributed by atoms with Crippen molar-refractivity contribution in [2.45, 2.75) is 50.0 Å². The van der Waals surface area contributed by atoms with Crippen molar-refractivity contribution in [3.05, 3.63) is 29.8 Å². The van der Waals surface area contributed by atoms with Crippen LogP contribution < -0.4 is 4.72 Å². The largest absolute Gasteiger partial charge is 0.295 e. The molecule has 0 aromatic heterocycles. The predicted molar refractivity (Wildman–Crippen MR) is 87.6 cm³/mol. The number of ketones is 1. The van der Waals surface area contributed by atoms with Crippen molar-refractivity contribution < 1.29 is 13.2 Å². The Morgan fingerprint density at radius 3 is 1.96 bits per heavy atom. The van der Waals surface area contributed by atoms with Gasteiger partial charge in [0.2, 0.25) is 10.0 Å². The Bertz CT molecular complexity index is 695. The van der Waals surface area contributed by atoms with E-state index in [2.05, 4.69) is 4.72 Å². The zero-order valence-electron chi connectivity index (χ0n) is 13.4. The molecule has 4 aliphatic carbocycles. The predicted octanol–water partition coefficient (Wildman–Crippen LogP) is 2.99. The quantitative estimate of drug-likeness (QED) is 0.862. The number of sulfonamides is 1. The SMILES string of the molecule is CC(=O)c1ccc(S(=O)(=O)NC2C3CC4CC(C3)CC2C4)cc1. The molecule has 4 bridgehead atoms. The molecular formula is C18H23NO3S. The molecule has 0 saturated heterocycles. The summed E-state index contributed by atoms with van der Waals surface area (Å²) in [6, 6.07) is 6.35. The first-order valence-corrected chi connectivity index (χ1v) is 10.0. The number of nitrogens with one attached hydrogen (secondary N) is 1. The molecule has 0 heterocycles. The average Bonchev–Trinajstić information content (AvgIpc) is 2.50. The molecule has 1 aromatic rings. The average molecular weight is 333 g/mol. The molecular weight excluding hydrogens is 310 g/mol. The third-order valence-electron chi connectivity index (χ3n) is 6.09. The number of benzene rings is 1. The topological polar surface area (TPSA) is 63.2 Å². The molecule has 23 heavy (non-hydrogen) atoms. The molecule has 1 N–H and O–H groups in total. The van der Waals surface area contributed by atoms with Gasteiger partial charge in [-0.2, -0.15) is 0 Å². The zero-order valence-corrected chi connectivity index (χ0v) is 14.2. The lowest BCUT2D eigenvalue weighted by atomic mass is 9.54. The normalized spacial score (nSPS) is 35.4. The van der Waals surface area contributed by atoms with Crippen LogP contribution in [0.3, 0.4) is 0 Å². The van der Waals surface area contributed by atoms with Crippen LogP contribution in [-0.2, 0) is 10.0 Å². The van der Waals surface area contributed by atoms with E-state index >= 15 is 0 Å². The summed E-state index contributed by atoms with van der Waals surface area (Å²) in [6.07, 6.45) is 6.10. The van der Waals surface area contributed by atoms with Crippen LogP contribution >= 0.6 is 0 Å². The summed E-state index contributed by atoms with van der Waals surface area (Å²) in [4.78, 5) is 11.6. The number of carbonyl (C=O) groups is 1. The molecule has 5 heteroatoms. The minimum atomic E-state index is -3.51. The maximum absolute atomic E-state index is 12.7. The number of hydrogen-bond acceptors (Lipinski definition) is 3. The first kappa shape index (κ1) is 15.3. The Morgan fingerprint density at radius 2 is 1.48 bits per heavy atom. The van der Waals surface area contributed by atoms with Crippen LogP contribution in [0.5, 0.6) is 0 Å². The standard InChI is InChI=1S/C18H23NO3S/c1-11(20)14-2-4-17(5-3-14)23(21,22)19-18-15-7-12-6-13(9-15)10-16(18)8-12/h2-5,12-13,15-16,18-19H,6-10H2,1H3. The van der Waals surface area contributed by atoms with E-state index in [-0.39, 0.29) is 16.7 Å². The zero-order chi connectivity index (χ0) is 16.2. The third-order valence-corrected chi connectivity index (χ3v) is 7.56. The van der Waals surface area contributed by atoms with E-state index in [0.29, 0.717) is 17.4 Å². The van der Waals surface area contributed by atoms with Crippen molar-refractivity contribution in [3.63, 3.8) is 0 Å². The van der Waals surface area contributed by atoms with Crippen molar-refractivity contribution in [3.8, 4) is 0 Å². The van der Waals surface area contributed by atoms with Crippen LogP contribution in [0.2, 0.25) is 0 Å². The molecule has 0 unspecified atom stereocenters. The number of hydrogen-bond donors (Lipinski definition) is 1. The van der Waals surface area contributed by atoms with E-state index in [4.69, 9.17) is 0 Å². The highest BCUT2D eigenvalue weighted by atomic mass is 32.2. The lowest BCUT2D eigenvalue weighted by Gasteiger charge is -2.54. The maximum atomic E-state index is 12.7. The van der Waals surface area contributed by atoms with Crippen LogP contribution in [0.15, 0.2) is 29.2 Å². The summed E-state index contributed by atoms with van der Waals surface area (Å²) in [5.41, 5.74) is 0.540. The third kappa shape index (κ3) is 2.74. The molecule has 124 valence electrons. The highest BCUT2D eigenvalue weighted by Gasteiger charge is 2.49. The van der Waals surface area contributed by atoms with E-state index in [1.54, 1.807) is 12.1 Å². The van der Waals surface area contributed by atoms with Crippen molar-refractivity contribution in [1.29, 1.82) is 0 Å².